The van der Waals surface area contributed by atoms with E-state index in [9.17, 15) is 0 Å². The highest BCUT2D eigenvalue weighted by Crippen LogP contribution is 2.07. The van der Waals surface area contributed by atoms with Gasteiger partial charge in [0.15, 0.2) is 5.65 Å². The lowest BCUT2D eigenvalue weighted by Crippen LogP contribution is -2.32. The minimum Gasteiger partial charge on any atom is -0.330 e. The van der Waals surface area contributed by atoms with E-state index in [0.717, 1.165) is 37.5 Å². The second kappa shape index (κ2) is 6.63. The van der Waals surface area contributed by atoms with Crippen LogP contribution in [-0.4, -0.2) is 34.2 Å². The highest BCUT2D eigenvalue weighted by molar-refractivity contribution is 5.36. The van der Waals surface area contributed by atoms with Crippen molar-refractivity contribution in [1.29, 1.82) is 0 Å². The topological polar surface area (TPSA) is 68.2 Å². The zero-order chi connectivity index (χ0) is 13.7. The van der Waals surface area contributed by atoms with Crippen molar-refractivity contribution in [2.45, 2.75) is 20.3 Å². The van der Waals surface area contributed by atoms with Gasteiger partial charge in [0.1, 0.15) is 5.82 Å². The number of rotatable bonds is 7. The van der Waals surface area contributed by atoms with Gasteiger partial charge >= 0.3 is 0 Å². The maximum absolute atomic E-state index is 5.76. The highest BCUT2D eigenvalue weighted by atomic mass is 15.2. The number of nitrogens with zero attached hydrogens (tertiary/aromatic N) is 3. The van der Waals surface area contributed by atoms with E-state index in [1.165, 1.54) is 0 Å². The van der Waals surface area contributed by atoms with Crippen molar-refractivity contribution in [2.75, 3.05) is 19.6 Å². The van der Waals surface area contributed by atoms with Crippen LogP contribution in [0.3, 0.4) is 0 Å². The lowest BCUT2D eigenvalue weighted by atomic mass is 9.96. The minimum atomic E-state index is 0.537. The molecule has 0 amide bonds. The van der Waals surface area contributed by atoms with Crippen LogP contribution < -0.4 is 11.1 Å². The molecule has 0 bridgehead atoms. The Morgan fingerprint density at radius 1 is 1.32 bits per heavy atom. The summed E-state index contributed by atoms with van der Waals surface area (Å²) in [6.07, 6.45) is 2.88. The summed E-state index contributed by atoms with van der Waals surface area (Å²) in [6.45, 7) is 7.03. The van der Waals surface area contributed by atoms with Crippen molar-refractivity contribution < 1.29 is 0 Å². The average molecular weight is 261 g/mol. The summed E-state index contributed by atoms with van der Waals surface area (Å²) in [7, 11) is 0. The summed E-state index contributed by atoms with van der Waals surface area (Å²) in [5.74, 6) is 2.15. The van der Waals surface area contributed by atoms with Gasteiger partial charge in [-0.2, -0.15) is 0 Å². The van der Waals surface area contributed by atoms with Gasteiger partial charge in [0.05, 0.1) is 0 Å². The van der Waals surface area contributed by atoms with Crippen LogP contribution in [0.1, 0.15) is 19.7 Å². The number of nitrogens with one attached hydrogen (secondary N) is 1. The summed E-state index contributed by atoms with van der Waals surface area (Å²) in [6, 6.07) is 5.93. The molecule has 104 valence electrons. The zero-order valence-corrected chi connectivity index (χ0v) is 11.7. The van der Waals surface area contributed by atoms with E-state index in [1.807, 2.05) is 28.8 Å². The normalized spacial score (nSPS) is 13.3. The first-order valence-electron chi connectivity index (χ1n) is 6.91. The molecule has 19 heavy (non-hydrogen) atoms. The van der Waals surface area contributed by atoms with Crippen molar-refractivity contribution >= 4 is 5.65 Å². The molecule has 0 aliphatic rings. The Balaban J connectivity index is 1.83. The van der Waals surface area contributed by atoms with Crippen molar-refractivity contribution in [2.24, 2.45) is 17.6 Å². The summed E-state index contributed by atoms with van der Waals surface area (Å²) < 4.78 is 2.03. The first kappa shape index (κ1) is 14.0. The van der Waals surface area contributed by atoms with E-state index >= 15 is 0 Å². The fourth-order valence-electron chi connectivity index (χ4n) is 2.14. The Hall–Kier alpha value is -1.46. The number of hydrogen-bond donors (Lipinski definition) is 2. The fraction of sp³-hybridized carbons (Fsp3) is 0.571. The molecule has 1 unspecified atom stereocenters. The number of pyridine rings is 1. The first-order valence-corrected chi connectivity index (χ1v) is 6.91. The van der Waals surface area contributed by atoms with Crippen LogP contribution in [0, 0.1) is 11.8 Å². The Labute approximate surface area is 114 Å². The molecule has 0 aliphatic heterocycles. The van der Waals surface area contributed by atoms with Gasteiger partial charge < -0.3 is 11.1 Å². The lowest BCUT2D eigenvalue weighted by Gasteiger charge is -2.19. The van der Waals surface area contributed by atoms with E-state index < -0.39 is 0 Å². The summed E-state index contributed by atoms with van der Waals surface area (Å²) in [5.41, 5.74) is 6.66. The third-order valence-corrected chi connectivity index (χ3v) is 3.56. The van der Waals surface area contributed by atoms with Crippen molar-refractivity contribution in [3.63, 3.8) is 0 Å². The molecule has 0 spiro atoms. The molecule has 5 nitrogen and oxygen atoms in total. The maximum Gasteiger partial charge on any atom is 0.160 e. The van der Waals surface area contributed by atoms with Crippen LogP contribution in [0.4, 0.5) is 0 Å². The molecular weight excluding hydrogens is 238 g/mol. The third-order valence-electron chi connectivity index (χ3n) is 3.56. The Morgan fingerprint density at radius 2 is 2.16 bits per heavy atom. The second-order valence-electron chi connectivity index (χ2n) is 5.24. The molecule has 3 N–H and O–H groups in total. The molecule has 1 atom stereocenters. The van der Waals surface area contributed by atoms with Crippen LogP contribution in [0.25, 0.3) is 5.65 Å². The number of fused-ring (bicyclic) bond motifs is 1. The SMILES string of the molecule is CC(C)C(CN)CNCCc1nnc2ccccn12. The van der Waals surface area contributed by atoms with E-state index in [2.05, 4.69) is 29.4 Å². The van der Waals surface area contributed by atoms with Gasteiger partial charge in [0.2, 0.25) is 0 Å². The molecule has 2 aromatic rings. The van der Waals surface area contributed by atoms with Gasteiger partial charge in [-0.05, 0) is 37.1 Å². The van der Waals surface area contributed by atoms with Crippen LogP contribution in [0.15, 0.2) is 24.4 Å². The van der Waals surface area contributed by atoms with Crippen LogP contribution >= 0.6 is 0 Å². The Morgan fingerprint density at radius 3 is 2.89 bits per heavy atom. The molecule has 0 fully saturated rings. The smallest absolute Gasteiger partial charge is 0.160 e. The van der Waals surface area contributed by atoms with E-state index in [4.69, 9.17) is 5.73 Å². The molecule has 0 saturated carbocycles. The molecule has 2 heterocycles. The third kappa shape index (κ3) is 3.52. The standard InChI is InChI=1S/C14H23N5/c1-11(2)12(9-15)10-16-7-6-14-18-17-13-5-3-4-8-19(13)14/h3-5,8,11-12,16H,6-7,9-10,15H2,1-2H3. The van der Waals surface area contributed by atoms with Gasteiger partial charge in [-0.3, -0.25) is 4.40 Å². The van der Waals surface area contributed by atoms with E-state index in [1.54, 1.807) is 0 Å². The summed E-state index contributed by atoms with van der Waals surface area (Å²) >= 11 is 0. The predicted molar refractivity (Wildman–Crippen MR) is 76.9 cm³/mol. The van der Waals surface area contributed by atoms with E-state index in [0.29, 0.717) is 11.8 Å². The lowest BCUT2D eigenvalue weighted by molar-refractivity contribution is 0.372. The monoisotopic (exact) mass is 261 g/mol. The highest BCUT2D eigenvalue weighted by Gasteiger charge is 2.10. The molecule has 0 aliphatic carbocycles. The number of hydrogen-bond acceptors (Lipinski definition) is 4. The largest absolute Gasteiger partial charge is 0.330 e. The molecule has 0 radical (unpaired) electrons. The van der Waals surface area contributed by atoms with Crippen LogP contribution in [0.5, 0.6) is 0 Å². The number of aromatic nitrogens is 3. The molecule has 0 saturated heterocycles. The van der Waals surface area contributed by atoms with Crippen LogP contribution in [-0.2, 0) is 6.42 Å². The summed E-state index contributed by atoms with van der Waals surface area (Å²) in [4.78, 5) is 0. The molecule has 2 rings (SSSR count). The van der Waals surface area contributed by atoms with Gasteiger partial charge in [-0.15, -0.1) is 10.2 Å². The van der Waals surface area contributed by atoms with Crippen molar-refractivity contribution in [3.8, 4) is 0 Å². The zero-order valence-electron chi connectivity index (χ0n) is 11.7. The minimum absolute atomic E-state index is 0.537. The number of nitrogens with two attached hydrogens (primary N) is 1. The quantitative estimate of drug-likeness (QED) is 0.732. The molecule has 5 heteroatoms. The fourth-order valence-corrected chi connectivity index (χ4v) is 2.14. The van der Waals surface area contributed by atoms with Gasteiger partial charge in [0, 0.05) is 19.2 Å². The molecule has 2 aromatic heterocycles. The maximum atomic E-state index is 5.76. The average Bonchev–Trinajstić information content (AvgIpc) is 2.82. The van der Waals surface area contributed by atoms with Gasteiger partial charge in [-0.25, -0.2) is 0 Å². The molecule has 0 aromatic carbocycles. The van der Waals surface area contributed by atoms with Gasteiger partial charge in [-0.1, -0.05) is 19.9 Å². The Kier molecular flexibility index (Phi) is 4.87. The Bertz CT molecular complexity index is 505. The second-order valence-corrected chi connectivity index (χ2v) is 5.24. The van der Waals surface area contributed by atoms with E-state index in [-0.39, 0.29) is 0 Å². The van der Waals surface area contributed by atoms with Crippen LogP contribution in [0.2, 0.25) is 0 Å². The summed E-state index contributed by atoms with van der Waals surface area (Å²) in [5, 5.41) is 11.8. The van der Waals surface area contributed by atoms with Crippen molar-refractivity contribution in [1.82, 2.24) is 19.9 Å². The first-order chi connectivity index (χ1) is 9.22. The molecular formula is C14H23N5. The van der Waals surface area contributed by atoms with Crippen molar-refractivity contribution in [3.05, 3.63) is 30.2 Å². The predicted octanol–water partition coefficient (Wildman–Crippen LogP) is 1.09. The van der Waals surface area contributed by atoms with Gasteiger partial charge in [0.25, 0.3) is 0 Å².